The molecule has 1 rings (SSSR count). The molecule has 0 unspecified atom stereocenters. The number of nitrogens with zero attached hydrogens (tertiary/aromatic N) is 1. The van der Waals surface area contributed by atoms with Crippen LogP contribution in [0.25, 0.3) is 0 Å². The molecule has 0 saturated heterocycles. The third-order valence-electron chi connectivity index (χ3n) is 2.46. The van der Waals surface area contributed by atoms with Gasteiger partial charge in [0.05, 0.1) is 0 Å². The fourth-order valence-electron chi connectivity index (χ4n) is 1.36. The maximum Gasteiger partial charge on any atom is 0.123 e. The maximum absolute atomic E-state index is 10.2. The molecule has 0 bridgehead atoms. The molecule has 0 amide bonds. The Balaban J connectivity index is 2.18. The lowest BCUT2D eigenvalue weighted by atomic mass is 9.80. The SMILES string of the molecule is CCN(C)C1CC(C=O)C1. The first-order valence-corrected chi connectivity index (χ1v) is 3.93. The zero-order chi connectivity index (χ0) is 7.56. The predicted molar refractivity (Wildman–Crippen MR) is 40.9 cm³/mol. The van der Waals surface area contributed by atoms with Gasteiger partial charge in [0.15, 0.2) is 0 Å². The second-order valence-electron chi connectivity index (χ2n) is 3.09. The van der Waals surface area contributed by atoms with Gasteiger partial charge in [0.2, 0.25) is 0 Å². The van der Waals surface area contributed by atoms with E-state index in [2.05, 4.69) is 18.9 Å². The van der Waals surface area contributed by atoms with Gasteiger partial charge in [0.25, 0.3) is 0 Å². The van der Waals surface area contributed by atoms with Crippen molar-refractivity contribution >= 4 is 6.29 Å². The average molecular weight is 141 g/mol. The van der Waals surface area contributed by atoms with E-state index in [9.17, 15) is 4.79 Å². The molecule has 0 aliphatic heterocycles. The summed E-state index contributed by atoms with van der Waals surface area (Å²) in [5.74, 6) is 0.360. The van der Waals surface area contributed by atoms with Gasteiger partial charge in [-0.2, -0.15) is 0 Å². The molecule has 2 nitrogen and oxygen atoms in total. The molecule has 2 heteroatoms. The number of hydrogen-bond donors (Lipinski definition) is 0. The minimum Gasteiger partial charge on any atom is -0.304 e. The Bertz CT molecular complexity index is 118. The first-order chi connectivity index (χ1) is 4.77. The summed E-state index contributed by atoms with van der Waals surface area (Å²) in [6, 6.07) is 0.681. The van der Waals surface area contributed by atoms with Gasteiger partial charge < -0.3 is 9.69 Å². The third kappa shape index (κ3) is 1.37. The minimum absolute atomic E-state index is 0.360. The normalized spacial score (nSPS) is 31.9. The maximum atomic E-state index is 10.2. The Morgan fingerprint density at radius 2 is 2.20 bits per heavy atom. The molecule has 1 fully saturated rings. The van der Waals surface area contributed by atoms with Gasteiger partial charge in [-0.05, 0) is 26.4 Å². The van der Waals surface area contributed by atoms with E-state index in [-0.39, 0.29) is 0 Å². The Morgan fingerprint density at radius 3 is 2.60 bits per heavy atom. The van der Waals surface area contributed by atoms with Crippen LogP contribution in [0.4, 0.5) is 0 Å². The fraction of sp³-hybridized carbons (Fsp3) is 0.875. The van der Waals surface area contributed by atoms with Gasteiger partial charge in [-0.1, -0.05) is 6.92 Å². The Morgan fingerprint density at radius 1 is 1.60 bits per heavy atom. The highest BCUT2D eigenvalue weighted by molar-refractivity contribution is 5.55. The molecule has 0 aromatic carbocycles. The summed E-state index contributed by atoms with van der Waals surface area (Å²) >= 11 is 0. The van der Waals surface area contributed by atoms with E-state index in [0.29, 0.717) is 12.0 Å². The molecule has 1 aliphatic rings. The van der Waals surface area contributed by atoms with Gasteiger partial charge in [-0.15, -0.1) is 0 Å². The molecule has 1 saturated carbocycles. The number of rotatable bonds is 3. The van der Waals surface area contributed by atoms with E-state index in [0.717, 1.165) is 25.7 Å². The second-order valence-corrected chi connectivity index (χ2v) is 3.09. The van der Waals surface area contributed by atoms with E-state index in [1.807, 2.05) is 0 Å². The van der Waals surface area contributed by atoms with Gasteiger partial charge in [0, 0.05) is 12.0 Å². The second kappa shape index (κ2) is 3.15. The van der Waals surface area contributed by atoms with E-state index in [1.54, 1.807) is 0 Å². The molecule has 0 aromatic heterocycles. The van der Waals surface area contributed by atoms with E-state index in [4.69, 9.17) is 0 Å². The highest BCUT2D eigenvalue weighted by Gasteiger charge is 2.30. The summed E-state index contributed by atoms with van der Waals surface area (Å²) in [5, 5.41) is 0. The number of carbonyl (C=O) groups is 1. The summed E-state index contributed by atoms with van der Waals surface area (Å²) in [5.41, 5.74) is 0. The van der Waals surface area contributed by atoms with Crippen molar-refractivity contribution in [3.8, 4) is 0 Å². The summed E-state index contributed by atoms with van der Waals surface area (Å²) < 4.78 is 0. The van der Waals surface area contributed by atoms with Crippen LogP contribution in [0.2, 0.25) is 0 Å². The van der Waals surface area contributed by atoms with Crippen molar-refractivity contribution < 1.29 is 4.79 Å². The van der Waals surface area contributed by atoms with Gasteiger partial charge in [0.1, 0.15) is 6.29 Å². The summed E-state index contributed by atoms with van der Waals surface area (Å²) in [4.78, 5) is 12.5. The van der Waals surface area contributed by atoms with Crippen LogP contribution in [0, 0.1) is 5.92 Å². The molecular formula is C8H15NO. The van der Waals surface area contributed by atoms with E-state index < -0.39 is 0 Å². The van der Waals surface area contributed by atoms with Crippen molar-refractivity contribution in [3.63, 3.8) is 0 Å². The molecule has 0 atom stereocenters. The Kier molecular flexibility index (Phi) is 2.44. The lowest BCUT2D eigenvalue weighted by Gasteiger charge is -2.38. The van der Waals surface area contributed by atoms with E-state index >= 15 is 0 Å². The zero-order valence-electron chi connectivity index (χ0n) is 6.71. The minimum atomic E-state index is 0.360. The largest absolute Gasteiger partial charge is 0.304 e. The van der Waals surface area contributed by atoms with Crippen LogP contribution >= 0.6 is 0 Å². The number of hydrogen-bond acceptors (Lipinski definition) is 2. The van der Waals surface area contributed by atoms with Crippen molar-refractivity contribution in [1.82, 2.24) is 4.90 Å². The molecule has 58 valence electrons. The first-order valence-electron chi connectivity index (χ1n) is 3.93. The standard InChI is InChI=1S/C8H15NO/c1-3-9(2)8-4-7(5-8)6-10/h6-8H,3-5H2,1-2H3. The van der Waals surface area contributed by atoms with Crippen LogP contribution in [0.1, 0.15) is 19.8 Å². The van der Waals surface area contributed by atoms with Crippen LogP contribution < -0.4 is 0 Å². The third-order valence-corrected chi connectivity index (χ3v) is 2.46. The van der Waals surface area contributed by atoms with Crippen LogP contribution in [0.5, 0.6) is 0 Å². The van der Waals surface area contributed by atoms with Crippen molar-refractivity contribution in [1.29, 1.82) is 0 Å². The van der Waals surface area contributed by atoms with Crippen LogP contribution in [-0.4, -0.2) is 30.8 Å². The monoisotopic (exact) mass is 141 g/mol. The Hall–Kier alpha value is -0.370. The van der Waals surface area contributed by atoms with Crippen LogP contribution in [0.3, 0.4) is 0 Å². The highest BCUT2D eigenvalue weighted by atomic mass is 16.1. The molecule has 0 radical (unpaired) electrons. The molecule has 0 heterocycles. The lowest BCUT2D eigenvalue weighted by molar-refractivity contribution is -0.115. The van der Waals surface area contributed by atoms with Crippen LogP contribution in [-0.2, 0) is 4.79 Å². The highest BCUT2D eigenvalue weighted by Crippen LogP contribution is 2.28. The van der Waals surface area contributed by atoms with Gasteiger partial charge in [-0.25, -0.2) is 0 Å². The quantitative estimate of drug-likeness (QED) is 0.545. The number of carbonyl (C=O) groups excluding carboxylic acids is 1. The molecule has 1 aliphatic carbocycles. The van der Waals surface area contributed by atoms with Gasteiger partial charge in [-0.3, -0.25) is 0 Å². The van der Waals surface area contributed by atoms with Crippen molar-refractivity contribution in [2.45, 2.75) is 25.8 Å². The van der Waals surface area contributed by atoms with Crippen LogP contribution in [0.15, 0.2) is 0 Å². The topological polar surface area (TPSA) is 20.3 Å². The van der Waals surface area contributed by atoms with Gasteiger partial charge >= 0.3 is 0 Å². The van der Waals surface area contributed by atoms with E-state index in [1.165, 1.54) is 0 Å². The molecule has 10 heavy (non-hydrogen) atoms. The summed E-state index contributed by atoms with van der Waals surface area (Å²) in [6.45, 7) is 3.24. The lowest BCUT2D eigenvalue weighted by Crippen LogP contribution is -2.42. The molecular weight excluding hydrogens is 126 g/mol. The van der Waals surface area contributed by atoms with Crippen molar-refractivity contribution in [2.75, 3.05) is 13.6 Å². The summed E-state index contributed by atoms with van der Waals surface area (Å²) in [7, 11) is 2.12. The summed E-state index contributed by atoms with van der Waals surface area (Å²) in [6.07, 6.45) is 3.24. The molecule has 0 spiro atoms. The van der Waals surface area contributed by atoms with Crippen molar-refractivity contribution in [2.24, 2.45) is 5.92 Å². The smallest absolute Gasteiger partial charge is 0.123 e. The average Bonchev–Trinajstić information content (AvgIpc) is 1.85. The Labute approximate surface area is 62.2 Å². The fourth-order valence-corrected chi connectivity index (χ4v) is 1.36. The van der Waals surface area contributed by atoms with Crippen molar-refractivity contribution in [3.05, 3.63) is 0 Å². The predicted octanol–water partition coefficient (Wildman–Crippen LogP) is 0.916. The number of aldehydes is 1. The molecule has 0 N–H and O–H groups in total. The zero-order valence-corrected chi connectivity index (χ0v) is 6.71. The first kappa shape index (κ1) is 7.73. The molecule has 0 aromatic rings.